The zero-order valence-corrected chi connectivity index (χ0v) is 9.63. The zero-order chi connectivity index (χ0) is 12.3. The third-order valence-electron chi connectivity index (χ3n) is 2.35. The molecule has 2 rings (SSSR count). The van der Waals surface area contributed by atoms with Gasteiger partial charge in [-0.3, -0.25) is 4.79 Å². The lowest BCUT2D eigenvalue weighted by Crippen LogP contribution is -2.31. The number of aliphatic hydroxyl groups excluding tert-OH is 1. The Morgan fingerprint density at radius 3 is 3.12 bits per heavy atom. The number of fused-ring (bicyclic) bond motifs is 1. The number of rotatable bonds is 4. The molecule has 0 radical (unpaired) electrons. The van der Waals surface area contributed by atoms with Crippen LogP contribution in [0.15, 0.2) is 30.6 Å². The Balaban J connectivity index is 2.01. The van der Waals surface area contributed by atoms with Crippen molar-refractivity contribution in [1.29, 1.82) is 0 Å². The Bertz CT molecular complexity index is 486. The summed E-state index contributed by atoms with van der Waals surface area (Å²) >= 11 is 0. The lowest BCUT2D eigenvalue weighted by molar-refractivity contribution is -0.120. The fourth-order valence-corrected chi connectivity index (χ4v) is 1.56. The highest BCUT2D eigenvalue weighted by molar-refractivity contribution is 5.78. The highest BCUT2D eigenvalue weighted by atomic mass is 16.3. The van der Waals surface area contributed by atoms with Gasteiger partial charge in [-0.05, 0) is 19.1 Å². The fraction of sp³-hybridized carbons (Fsp3) is 0.333. The van der Waals surface area contributed by atoms with Gasteiger partial charge in [-0.25, -0.2) is 4.98 Å². The van der Waals surface area contributed by atoms with Crippen molar-refractivity contribution in [3.63, 3.8) is 0 Å². The van der Waals surface area contributed by atoms with Crippen molar-refractivity contribution in [2.75, 3.05) is 6.54 Å². The van der Waals surface area contributed by atoms with E-state index < -0.39 is 6.10 Å². The number of aromatic nitrogens is 2. The molecule has 17 heavy (non-hydrogen) atoms. The quantitative estimate of drug-likeness (QED) is 0.802. The average molecular weight is 233 g/mol. The molecule has 5 nitrogen and oxygen atoms in total. The Morgan fingerprint density at radius 2 is 2.41 bits per heavy atom. The molecule has 0 aliphatic heterocycles. The number of imidazole rings is 1. The van der Waals surface area contributed by atoms with Crippen molar-refractivity contribution >= 4 is 11.6 Å². The van der Waals surface area contributed by atoms with Crippen LogP contribution in [0, 0.1) is 0 Å². The maximum atomic E-state index is 11.5. The van der Waals surface area contributed by atoms with Crippen LogP contribution >= 0.6 is 0 Å². The summed E-state index contributed by atoms with van der Waals surface area (Å²) in [6.45, 7) is 1.90. The number of carbonyl (C=O) groups is 1. The van der Waals surface area contributed by atoms with E-state index in [4.69, 9.17) is 5.11 Å². The van der Waals surface area contributed by atoms with Crippen molar-refractivity contribution in [2.24, 2.45) is 0 Å². The fourth-order valence-electron chi connectivity index (χ4n) is 1.56. The number of hydrogen-bond donors (Lipinski definition) is 2. The van der Waals surface area contributed by atoms with E-state index in [2.05, 4.69) is 10.3 Å². The van der Waals surface area contributed by atoms with Crippen molar-refractivity contribution < 1.29 is 9.90 Å². The van der Waals surface area contributed by atoms with Gasteiger partial charge in [-0.15, -0.1) is 0 Å². The molecule has 2 heterocycles. The van der Waals surface area contributed by atoms with E-state index in [1.165, 1.54) is 0 Å². The number of pyridine rings is 1. The molecule has 2 aromatic heterocycles. The van der Waals surface area contributed by atoms with Gasteiger partial charge in [0.15, 0.2) is 0 Å². The highest BCUT2D eigenvalue weighted by Crippen LogP contribution is 2.04. The van der Waals surface area contributed by atoms with Crippen LogP contribution in [0.4, 0.5) is 0 Å². The summed E-state index contributed by atoms with van der Waals surface area (Å²) in [7, 11) is 0. The molecule has 1 atom stereocenters. The molecule has 0 saturated carbocycles. The SMILES string of the molecule is CC(O)CNC(=O)Cc1cn2ccccc2n1. The second kappa shape index (κ2) is 4.97. The van der Waals surface area contributed by atoms with E-state index in [-0.39, 0.29) is 18.9 Å². The van der Waals surface area contributed by atoms with Gasteiger partial charge in [0.1, 0.15) is 5.65 Å². The minimum absolute atomic E-state index is 0.130. The van der Waals surface area contributed by atoms with Crippen molar-refractivity contribution in [3.05, 3.63) is 36.3 Å². The predicted octanol–water partition coefficient (Wildman–Crippen LogP) is 0.374. The van der Waals surface area contributed by atoms with E-state index in [9.17, 15) is 4.79 Å². The van der Waals surface area contributed by atoms with E-state index in [0.29, 0.717) is 0 Å². The number of aliphatic hydroxyl groups is 1. The van der Waals surface area contributed by atoms with Crippen LogP contribution in [0.3, 0.4) is 0 Å². The minimum Gasteiger partial charge on any atom is -0.392 e. The molecule has 1 amide bonds. The molecule has 0 bridgehead atoms. The molecule has 5 heteroatoms. The van der Waals surface area contributed by atoms with E-state index >= 15 is 0 Å². The zero-order valence-electron chi connectivity index (χ0n) is 9.63. The van der Waals surface area contributed by atoms with Gasteiger partial charge in [0, 0.05) is 18.9 Å². The standard InChI is InChI=1S/C12H15N3O2/c1-9(16)7-13-12(17)6-10-8-15-5-3-2-4-11(15)14-10/h2-5,8-9,16H,6-7H2,1H3,(H,13,17). The van der Waals surface area contributed by atoms with Crippen LogP contribution < -0.4 is 5.32 Å². The number of hydrogen-bond acceptors (Lipinski definition) is 3. The van der Waals surface area contributed by atoms with Crippen molar-refractivity contribution in [1.82, 2.24) is 14.7 Å². The molecule has 90 valence electrons. The summed E-state index contributed by atoms with van der Waals surface area (Å²) in [5.74, 6) is -0.130. The molecule has 0 spiro atoms. The summed E-state index contributed by atoms with van der Waals surface area (Å²) in [4.78, 5) is 15.8. The minimum atomic E-state index is -0.528. The van der Waals surface area contributed by atoms with Gasteiger partial charge in [0.25, 0.3) is 0 Å². The largest absolute Gasteiger partial charge is 0.392 e. The number of carbonyl (C=O) groups excluding carboxylic acids is 1. The Morgan fingerprint density at radius 1 is 1.59 bits per heavy atom. The molecule has 0 saturated heterocycles. The maximum absolute atomic E-state index is 11.5. The molecule has 0 aromatic carbocycles. The van der Waals surface area contributed by atoms with E-state index in [1.54, 1.807) is 6.92 Å². The first-order chi connectivity index (χ1) is 8.15. The van der Waals surface area contributed by atoms with Gasteiger partial charge < -0.3 is 14.8 Å². The first-order valence-corrected chi connectivity index (χ1v) is 5.52. The molecule has 0 aliphatic carbocycles. The lowest BCUT2D eigenvalue weighted by atomic mass is 10.3. The normalized spacial score (nSPS) is 12.6. The van der Waals surface area contributed by atoms with Crippen LogP contribution in [-0.4, -0.2) is 33.0 Å². The third kappa shape index (κ3) is 3.04. The van der Waals surface area contributed by atoms with Gasteiger partial charge >= 0.3 is 0 Å². The van der Waals surface area contributed by atoms with Gasteiger partial charge in [-0.1, -0.05) is 6.07 Å². The number of amides is 1. The summed E-state index contributed by atoms with van der Waals surface area (Å²) < 4.78 is 1.87. The lowest BCUT2D eigenvalue weighted by Gasteiger charge is -2.05. The molecule has 2 aromatic rings. The van der Waals surface area contributed by atoms with Crippen LogP contribution in [0.25, 0.3) is 5.65 Å². The molecule has 1 unspecified atom stereocenters. The summed E-state index contributed by atoms with van der Waals surface area (Å²) in [5, 5.41) is 11.7. The second-order valence-corrected chi connectivity index (χ2v) is 4.03. The smallest absolute Gasteiger partial charge is 0.226 e. The Kier molecular flexibility index (Phi) is 3.39. The first-order valence-electron chi connectivity index (χ1n) is 5.52. The molecule has 2 N–H and O–H groups in total. The molecular formula is C12H15N3O2. The topological polar surface area (TPSA) is 66.6 Å². The monoisotopic (exact) mass is 233 g/mol. The molecular weight excluding hydrogens is 218 g/mol. The highest BCUT2D eigenvalue weighted by Gasteiger charge is 2.07. The average Bonchev–Trinajstić information content (AvgIpc) is 2.68. The first kappa shape index (κ1) is 11.6. The van der Waals surface area contributed by atoms with Gasteiger partial charge in [-0.2, -0.15) is 0 Å². The summed E-state index contributed by atoms with van der Waals surface area (Å²) in [5.41, 5.74) is 1.55. The van der Waals surface area contributed by atoms with Crippen LogP contribution in [-0.2, 0) is 11.2 Å². The van der Waals surface area contributed by atoms with Crippen molar-refractivity contribution in [3.8, 4) is 0 Å². The van der Waals surface area contributed by atoms with Crippen LogP contribution in [0.5, 0.6) is 0 Å². The predicted molar refractivity (Wildman–Crippen MR) is 63.6 cm³/mol. The van der Waals surface area contributed by atoms with Crippen LogP contribution in [0.1, 0.15) is 12.6 Å². The molecule has 0 fully saturated rings. The summed E-state index contributed by atoms with van der Waals surface area (Å²) in [6, 6.07) is 5.70. The Labute approximate surface area is 99.1 Å². The number of nitrogens with one attached hydrogen (secondary N) is 1. The van der Waals surface area contributed by atoms with Crippen molar-refractivity contribution in [2.45, 2.75) is 19.4 Å². The van der Waals surface area contributed by atoms with E-state index in [0.717, 1.165) is 11.3 Å². The van der Waals surface area contributed by atoms with Gasteiger partial charge in [0.2, 0.25) is 5.91 Å². The Hall–Kier alpha value is -1.88. The third-order valence-corrected chi connectivity index (χ3v) is 2.35. The number of nitrogens with zero attached hydrogens (tertiary/aromatic N) is 2. The second-order valence-electron chi connectivity index (χ2n) is 4.03. The molecule has 0 aliphatic rings. The van der Waals surface area contributed by atoms with Crippen LogP contribution in [0.2, 0.25) is 0 Å². The maximum Gasteiger partial charge on any atom is 0.226 e. The summed E-state index contributed by atoms with van der Waals surface area (Å²) in [6.07, 6.45) is 3.42. The van der Waals surface area contributed by atoms with Gasteiger partial charge in [0.05, 0.1) is 18.2 Å². The van der Waals surface area contributed by atoms with E-state index in [1.807, 2.05) is 35.0 Å².